The number of rotatable bonds is 4. The van der Waals surface area contributed by atoms with Crippen LogP contribution in [0.2, 0.25) is 0 Å². The third-order valence-corrected chi connectivity index (χ3v) is 7.87. The molecule has 0 saturated carbocycles. The standard InChI is InChI=1S/C28H25F7N2O2/c29-21-3-1-17(2-4-21)26-24-15-36(22-5-6-23(38)13-22)14-18(24)7-8-37(26)25(39)11-16-9-19(27(30,31)32)12-20(10-16)28(33,34)35/h1-4,9-10,12-13,18,24,26H,5-8,11,14-15H2. The van der Waals surface area contributed by atoms with E-state index in [1.54, 1.807) is 18.2 Å². The van der Waals surface area contributed by atoms with E-state index in [9.17, 15) is 40.3 Å². The van der Waals surface area contributed by atoms with Crippen LogP contribution in [0.3, 0.4) is 0 Å². The maximum absolute atomic E-state index is 13.7. The summed E-state index contributed by atoms with van der Waals surface area (Å²) in [6.45, 7) is 1.45. The van der Waals surface area contributed by atoms with E-state index >= 15 is 0 Å². The summed E-state index contributed by atoms with van der Waals surface area (Å²) in [7, 11) is 0. The Labute approximate surface area is 220 Å². The Morgan fingerprint density at radius 2 is 1.54 bits per heavy atom. The predicted octanol–water partition coefficient (Wildman–Crippen LogP) is 6.17. The van der Waals surface area contributed by atoms with Gasteiger partial charge in [-0.3, -0.25) is 9.59 Å². The molecule has 2 aromatic carbocycles. The normalized spacial score (nSPS) is 23.7. The molecule has 1 amide bonds. The third kappa shape index (κ3) is 5.67. The van der Waals surface area contributed by atoms with Crippen LogP contribution in [0.15, 0.2) is 54.2 Å². The summed E-state index contributed by atoms with van der Waals surface area (Å²) >= 11 is 0. The topological polar surface area (TPSA) is 40.6 Å². The first-order valence-electron chi connectivity index (χ1n) is 12.6. The summed E-state index contributed by atoms with van der Waals surface area (Å²) in [4.78, 5) is 28.9. The Morgan fingerprint density at radius 1 is 0.897 bits per heavy atom. The molecular formula is C28H25F7N2O2. The molecule has 39 heavy (non-hydrogen) atoms. The van der Waals surface area contributed by atoms with Gasteiger partial charge in [0.15, 0.2) is 5.78 Å². The number of ketones is 1. The van der Waals surface area contributed by atoms with Crippen LogP contribution < -0.4 is 0 Å². The van der Waals surface area contributed by atoms with Crippen LogP contribution in [0, 0.1) is 17.7 Å². The number of allylic oxidation sites excluding steroid dienone is 2. The maximum atomic E-state index is 13.7. The van der Waals surface area contributed by atoms with Gasteiger partial charge in [-0.1, -0.05) is 12.1 Å². The zero-order valence-corrected chi connectivity index (χ0v) is 20.7. The monoisotopic (exact) mass is 554 g/mol. The fourth-order valence-electron chi connectivity index (χ4n) is 6.06. The van der Waals surface area contributed by atoms with Crippen LogP contribution in [0.1, 0.15) is 47.6 Å². The molecule has 0 aromatic heterocycles. The van der Waals surface area contributed by atoms with Gasteiger partial charge in [0.1, 0.15) is 5.82 Å². The van der Waals surface area contributed by atoms with Gasteiger partial charge >= 0.3 is 12.4 Å². The van der Waals surface area contributed by atoms with Crippen molar-refractivity contribution < 1.29 is 40.3 Å². The van der Waals surface area contributed by atoms with Gasteiger partial charge in [-0.25, -0.2) is 4.39 Å². The largest absolute Gasteiger partial charge is 0.416 e. The van der Waals surface area contributed by atoms with Gasteiger partial charge in [-0.05, 0) is 60.2 Å². The first-order chi connectivity index (χ1) is 18.3. The molecule has 208 valence electrons. The van der Waals surface area contributed by atoms with E-state index in [-0.39, 0.29) is 35.8 Å². The molecule has 11 heteroatoms. The highest BCUT2D eigenvalue weighted by molar-refractivity contribution is 5.92. The lowest BCUT2D eigenvalue weighted by atomic mass is 9.78. The molecule has 4 nitrogen and oxygen atoms in total. The fraction of sp³-hybridized carbons (Fsp3) is 0.429. The van der Waals surface area contributed by atoms with E-state index in [0.29, 0.717) is 50.0 Å². The maximum Gasteiger partial charge on any atom is 0.416 e. The molecule has 3 atom stereocenters. The Kier molecular flexibility index (Phi) is 6.97. The Hall–Kier alpha value is -3.37. The summed E-state index contributed by atoms with van der Waals surface area (Å²) < 4.78 is 93.9. The Bertz CT molecular complexity index is 1270. The summed E-state index contributed by atoms with van der Waals surface area (Å²) in [5.41, 5.74) is -1.77. The zero-order chi connectivity index (χ0) is 28.1. The predicted molar refractivity (Wildman–Crippen MR) is 126 cm³/mol. The summed E-state index contributed by atoms with van der Waals surface area (Å²) in [5, 5.41) is 0. The molecule has 2 fully saturated rings. The highest BCUT2D eigenvalue weighted by Crippen LogP contribution is 2.46. The molecule has 0 radical (unpaired) electrons. The molecule has 5 rings (SSSR count). The van der Waals surface area contributed by atoms with Crippen LogP contribution in [0.4, 0.5) is 30.7 Å². The molecule has 2 aromatic rings. The first-order valence-corrected chi connectivity index (χ1v) is 12.6. The van der Waals surface area contributed by atoms with Crippen LogP contribution in [-0.4, -0.2) is 41.1 Å². The average Bonchev–Trinajstić information content (AvgIpc) is 3.49. The number of hydrogen-bond donors (Lipinski definition) is 0. The van der Waals surface area contributed by atoms with Gasteiger partial charge in [0.25, 0.3) is 0 Å². The molecule has 0 N–H and O–H groups in total. The quantitative estimate of drug-likeness (QED) is 0.425. The van der Waals surface area contributed by atoms with Gasteiger partial charge in [0, 0.05) is 43.7 Å². The highest BCUT2D eigenvalue weighted by atomic mass is 19.4. The fourth-order valence-corrected chi connectivity index (χ4v) is 6.06. The number of nitrogens with zero attached hydrogens (tertiary/aromatic N) is 2. The minimum atomic E-state index is -5.02. The van der Waals surface area contributed by atoms with Gasteiger partial charge < -0.3 is 9.80 Å². The minimum absolute atomic E-state index is 0.0380. The average molecular weight is 555 g/mol. The molecule has 0 spiro atoms. The van der Waals surface area contributed by atoms with Crippen LogP contribution >= 0.6 is 0 Å². The van der Waals surface area contributed by atoms with Crippen molar-refractivity contribution in [2.75, 3.05) is 19.6 Å². The summed E-state index contributed by atoms with van der Waals surface area (Å²) in [5.74, 6) is -1.01. The van der Waals surface area contributed by atoms with Crippen molar-refractivity contribution in [1.29, 1.82) is 0 Å². The van der Waals surface area contributed by atoms with Crippen molar-refractivity contribution >= 4 is 11.7 Å². The number of alkyl halides is 6. The van der Waals surface area contributed by atoms with Crippen molar-refractivity contribution in [3.63, 3.8) is 0 Å². The smallest absolute Gasteiger partial charge is 0.374 e. The molecule has 3 aliphatic rings. The number of likely N-dealkylation sites (tertiary alicyclic amines) is 2. The lowest BCUT2D eigenvalue weighted by Gasteiger charge is -2.43. The lowest BCUT2D eigenvalue weighted by molar-refractivity contribution is -0.143. The van der Waals surface area contributed by atoms with Crippen molar-refractivity contribution in [3.05, 3.63) is 82.3 Å². The van der Waals surface area contributed by atoms with Gasteiger partial charge in [-0.2, -0.15) is 26.3 Å². The minimum Gasteiger partial charge on any atom is -0.374 e. The van der Waals surface area contributed by atoms with Crippen LogP contribution in [0.5, 0.6) is 0 Å². The van der Waals surface area contributed by atoms with E-state index in [0.717, 1.165) is 5.70 Å². The second-order valence-corrected chi connectivity index (χ2v) is 10.4. The van der Waals surface area contributed by atoms with E-state index in [1.165, 1.54) is 17.0 Å². The number of piperidine rings is 1. The second kappa shape index (κ2) is 9.98. The molecule has 2 heterocycles. The molecule has 1 aliphatic carbocycles. The number of halogens is 7. The Morgan fingerprint density at radius 3 is 2.10 bits per heavy atom. The van der Waals surface area contributed by atoms with Gasteiger partial charge in [-0.15, -0.1) is 0 Å². The second-order valence-electron chi connectivity index (χ2n) is 10.4. The Balaban J connectivity index is 1.45. The number of benzene rings is 2. The molecular weight excluding hydrogens is 529 g/mol. The number of hydrogen-bond acceptors (Lipinski definition) is 3. The van der Waals surface area contributed by atoms with Gasteiger partial charge in [0.2, 0.25) is 5.91 Å². The van der Waals surface area contributed by atoms with E-state index in [2.05, 4.69) is 4.90 Å². The number of fused-ring (bicyclic) bond motifs is 1. The first kappa shape index (κ1) is 27.2. The van der Waals surface area contributed by atoms with E-state index < -0.39 is 47.7 Å². The zero-order valence-electron chi connectivity index (χ0n) is 20.7. The molecule has 2 aliphatic heterocycles. The van der Waals surface area contributed by atoms with E-state index in [4.69, 9.17) is 0 Å². The summed E-state index contributed by atoms with van der Waals surface area (Å²) in [6, 6.07) is 6.26. The summed E-state index contributed by atoms with van der Waals surface area (Å²) in [6.07, 6.45) is -7.41. The number of carbonyl (C=O) groups excluding carboxylic acids is 2. The van der Waals surface area contributed by atoms with Crippen LogP contribution in [0.25, 0.3) is 0 Å². The van der Waals surface area contributed by atoms with Gasteiger partial charge in [0.05, 0.1) is 23.6 Å². The highest BCUT2D eigenvalue weighted by Gasteiger charge is 2.46. The SMILES string of the molecule is O=C1C=C(N2CC3CCN(C(=O)Cc4cc(C(F)(F)F)cc(C(F)(F)F)c4)C(c4ccc(F)cc4)C3C2)CC1. The van der Waals surface area contributed by atoms with E-state index in [1.807, 2.05) is 0 Å². The lowest BCUT2D eigenvalue weighted by Crippen LogP contribution is -2.46. The number of amides is 1. The molecule has 2 saturated heterocycles. The van der Waals surface area contributed by atoms with Crippen molar-refractivity contribution in [2.24, 2.45) is 11.8 Å². The van der Waals surface area contributed by atoms with Crippen molar-refractivity contribution in [1.82, 2.24) is 9.80 Å². The third-order valence-electron chi connectivity index (χ3n) is 7.87. The van der Waals surface area contributed by atoms with Crippen molar-refractivity contribution in [2.45, 2.75) is 44.1 Å². The number of carbonyl (C=O) groups is 2. The van der Waals surface area contributed by atoms with Crippen LogP contribution in [-0.2, 0) is 28.4 Å². The molecule has 3 unspecified atom stereocenters. The molecule has 0 bridgehead atoms. The van der Waals surface area contributed by atoms with Crippen molar-refractivity contribution in [3.8, 4) is 0 Å².